The molecule has 0 aromatic heterocycles. The van der Waals surface area contributed by atoms with Crippen LogP contribution >= 0.6 is 23.8 Å². The van der Waals surface area contributed by atoms with Crippen LogP contribution in [0.2, 0.25) is 5.02 Å². The Bertz CT molecular complexity index is 1120. The van der Waals surface area contributed by atoms with Gasteiger partial charge in [-0.1, -0.05) is 36.7 Å². The van der Waals surface area contributed by atoms with Crippen molar-refractivity contribution in [1.82, 2.24) is 5.32 Å². The number of rotatable bonds is 7. The summed E-state index contributed by atoms with van der Waals surface area (Å²) in [5.41, 5.74) is 1.99. The molecule has 3 rings (SSSR count). The maximum atomic E-state index is 12.4. The smallest absolute Gasteiger partial charge is 0.257 e. The molecule has 0 aliphatic carbocycles. The largest absolute Gasteiger partial charge is 0.494 e. The van der Waals surface area contributed by atoms with Crippen LogP contribution in [0.4, 0.5) is 11.4 Å². The van der Waals surface area contributed by atoms with E-state index in [1.54, 1.807) is 72.8 Å². The second-order valence-electron chi connectivity index (χ2n) is 6.80. The van der Waals surface area contributed by atoms with Gasteiger partial charge in [-0.3, -0.25) is 14.9 Å². The van der Waals surface area contributed by atoms with Crippen LogP contribution in [0, 0.1) is 0 Å². The van der Waals surface area contributed by atoms with Gasteiger partial charge in [0.25, 0.3) is 11.8 Å². The van der Waals surface area contributed by atoms with Crippen molar-refractivity contribution < 1.29 is 14.3 Å². The summed E-state index contributed by atoms with van der Waals surface area (Å²) in [4.78, 5) is 24.9. The zero-order valence-corrected chi connectivity index (χ0v) is 18.9. The third-order valence-electron chi connectivity index (χ3n) is 4.31. The monoisotopic (exact) mass is 467 g/mol. The van der Waals surface area contributed by atoms with Gasteiger partial charge < -0.3 is 15.4 Å². The van der Waals surface area contributed by atoms with E-state index in [9.17, 15) is 9.59 Å². The molecule has 0 bridgehead atoms. The Labute approximate surface area is 196 Å². The van der Waals surface area contributed by atoms with Crippen molar-refractivity contribution >= 4 is 52.1 Å². The van der Waals surface area contributed by atoms with Crippen LogP contribution in [0.1, 0.15) is 34.1 Å². The molecule has 0 fully saturated rings. The number of halogens is 1. The molecule has 6 nitrogen and oxygen atoms in total. The van der Waals surface area contributed by atoms with Crippen molar-refractivity contribution in [3.63, 3.8) is 0 Å². The average Bonchev–Trinajstić information content (AvgIpc) is 2.78. The predicted molar refractivity (Wildman–Crippen MR) is 132 cm³/mol. The molecular weight excluding hydrogens is 446 g/mol. The maximum absolute atomic E-state index is 12.4. The van der Waals surface area contributed by atoms with E-state index in [4.69, 9.17) is 28.6 Å². The second kappa shape index (κ2) is 11.3. The van der Waals surface area contributed by atoms with E-state index in [0.29, 0.717) is 39.9 Å². The molecule has 0 heterocycles. The van der Waals surface area contributed by atoms with E-state index in [2.05, 4.69) is 16.0 Å². The van der Waals surface area contributed by atoms with Crippen molar-refractivity contribution in [3.8, 4) is 5.75 Å². The zero-order chi connectivity index (χ0) is 22.9. The Balaban J connectivity index is 1.57. The molecule has 0 saturated carbocycles. The average molecular weight is 468 g/mol. The number of anilines is 2. The molecule has 0 spiro atoms. The van der Waals surface area contributed by atoms with Gasteiger partial charge in [0, 0.05) is 16.9 Å². The van der Waals surface area contributed by atoms with E-state index in [1.165, 1.54) is 0 Å². The quantitative estimate of drug-likeness (QED) is 0.399. The molecule has 0 atom stereocenters. The number of hydrogen-bond donors (Lipinski definition) is 3. The number of benzene rings is 3. The molecule has 0 aliphatic rings. The molecule has 32 heavy (non-hydrogen) atoms. The molecule has 0 saturated heterocycles. The van der Waals surface area contributed by atoms with E-state index in [0.717, 1.165) is 6.42 Å². The van der Waals surface area contributed by atoms with E-state index in [1.807, 2.05) is 6.92 Å². The van der Waals surface area contributed by atoms with Crippen LogP contribution in [0.3, 0.4) is 0 Å². The minimum Gasteiger partial charge on any atom is -0.494 e. The van der Waals surface area contributed by atoms with Gasteiger partial charge in [-0.25, -0.2) is 0 Å². The third-order valence-corrected chi connectivity index (χ3v) is 4.85. The van der Waals surface area contributed by atoms with Crippen LogP contribution in [-0.2, 0) is 0 Å². The van der Waals surface area contributed by atoms with Crippen molar-refractivity contribution in [1.29, 1.82) is 0 Å². The lowest BCUT2D eigenvalue weighted by Gasteiger charge is -2.12. The molecular formula is C24H22ClN3O3S. The minimum atomic E-state index is -0.340. The lowest BCUT2D eigenvalue weighted by Crippen LogP contribution is -2.34. The Morgan fingerprint density at radius 3 is 2.28 bits per heavy atom. The fourth-order valence-corrected chi connectivity index (χ4v) is 3.21. The molecule has 3 aromatic rings. The van der Waals surface area contributed by atoms with Gasteiger partial charge in [0.15, 0.2) is 5.11 Å². The first-order valence-electron chi connectivity index (χ1n) is 9.97. The van der Waals surface area contributed by atoms with Gasteiger partial charge in [0.2, 0.25) is 0 Å². The SMILES string of the molecule is CCCOc1ccc(C(=O)NC(=S)Nc2cccc(NC(=O)c3ccccc3Cl)c2)cc1. The van der Waals surface area contributed by atoms with Gasteiger partial charge in [0.1, 0.15) is 5.75 Å². The molecule has 2 amide bonds. The van der Waals surface area contributed by atoms with Crippen LogP contribution in [0.25, 0.3) is 0 Å². The van der Waals surface area contributed by atoms with Gasteiger partial charge in [0.05, 0.1) is 17.2 Å². The highest BCUT2D eigenvalue weighted by atomic mass is 35.5. The maximum Gasteiger partial charge on any atom is 0.257 e. The summed E-state index contributed by atoms with van der Waals surface area (Å²) in [5.74, 6) is 0.0439. The number of amides is 2. The summed E-state index contributed by atoms with van der Waals surface area (Å²) >= 11 is 11.3. The normalized spacial score (nSPS) is 10.2. The Morgan fingerprint density at radius 1 is 0.906 bits per heavy atom. The second-order valence-corrected chi connectivity index (χ2v) is 7.61. The van der Waals surface area contributed by atoms with E-state index >= 15 is 0 Å². The van der Waals surface area contributed by atoms with Gasteiger partial charge in [-0.2, -0.15) is 0 Å². The first-order chi connectivity index (χ1) is 15.5. The first-order valence-corrected chi connectivity index (χ1v) is 10.8. The van der Waals surface area contributed by atoms with E-state index in [-0.39, 0.29) is 16.9 Å². The number of carbonyl (C=O) groups excluding carboxylic acids is 2. The van der Waals surface area contributed by atoms with Gasteiger partial charge in [-0.05, 0) is 73.2 Å². The van der Waals surface area contributed by atoms with Crippen molar-refractivity contribution in [2.75, 3.05) is 17.2 Å². The summed E-state index contributed by atoms with van der Waals surface area (Å²) in [6.07, 6.45) is 0.910. The number of thiocarbonyl (C=S) groups is 1. The van der Waals surface area contributed by atoms with Crippen LogP contribution in [0.15, 0.2) is 72.8 Å². The standard InChI is InChI=1S/C24H22ClN3O3S/c1-2-14-31-19-12-10-16(11-13-19)22(29)28-24(32)27-18-7-5-6-17(15-18)26-23(30)20-8-3-4-9-21(20)25/h3-13,15H,2,14H2,1H3,(H,26,30)(H2,27,28,29,32). The molecule has 3 aromatic carbocycles. The fourth-order valence-electron chi connectivity index (χ4n) is 2.78. The zero-order valence-electron chi connectivity index (χ0n) is 17.4. The van der Waals surface area contributed by atoms with Crippen LogP contribution < -0.4 is 20.7 Å². The Morgan fingerprint density at radius 2 is 1.59 bits per heavy atom. The molecule has 3 N–H and O–H groups in total. The number of ether oxygens (including phenoxy) is 1. The van der Waals surface area contributed by atoms with E-state index < -0.39 is 0 Å². The first kappa shape index (κ1) is 23.2. The topological polar surface area (TPSA) is 79.5 Å². The Kier molecular flexibility index (Phi) is 8.19. The predicted octanol–water partition coefficient (Wildman–Crippen LogP) is 5.51. The lowest BCUT2D eigenvalue weighted by molar-refractivity contribution is 0.0976. The summed E-state index contributed by atoms with van der Waals surface area (Å²) in [6.45, 7) is 2.65. The summed E-state index contributed by atoms with van der Waals surface area (Å²) < 4.78 is 5.52. The summed E-state index contributed by atoms with van der Waals surface area (Å²) in [6, 6.07) is 20.6. The molecule has 8 heteroatoms. The van der Waals surface area contributed by atoms with Crippen molar-refractivity contribution in [3.05, 3.63) is 88.9 Å². The molecule has 0 unspecified atom stereocenters. The van der Waals surface area contributed by atoms with Crippen molar-refractivity contribution in [2.24, 2.45) is 0 Å². The molecule has 0 radical (unpaired) electrons. The number of carbonyl (C=O) groups is 2. The third kappa shape index (κ3) is 6.54. The molecule has 0 aliphatic heterocycles. The molecule has 164 valence electrons. The number of nitrogens with one attached hydrogen (secondary N) is 3. The van der Waals surface area contributed by atoms with Crippen molar-refractivity contribution in [2.45, 2.75) is 13.3 Å². The van der Waals surface area contributed by atoms with Crippen LogP contribution in [-0.4, -0.2) is 23.5 Å². The summed E-state index contributed by atoms with van der Waals surface area (Å²) in [7, 11) is 0. The highest BCUT2D eigenvalue weighted by Crippen LogP contribution is 2.19. The fraction of sp³-hybridized carbons (Fsp3) is 0.125. The minimum absolute atomic E-state index is 0.135. The summed E-state index contributed by atoms with van der Waals surface area (Å²) in [5, 5.41) is 8.88. The highest BCUT2D eigenvalue weighted by molar-refractivity contribution is 7.80. The van der Waals surface area contributed by atoms with Gasteiger partial charge in [-0.15, -0.1) is 0 Å². The Hall–Kier alpha value is -3.42. The van der Waals surface area contributed by atoms with Crippen LogP contribution in [0.5, 0.6) is 5.75 Å². The van der Waals surface area contributed by atoms with Gasteiger partial charge >= 0.3 is 0 Å². The number of hydrogen-bond acceptors (Lipinski definition) is 4. The lowest BCUT2D eigenvalue weighted by atomic mass is 10.2. The highest BCUT2D eigenvalue weighted by Gasteiger charge is 2.11.